The van der Waals surface area contributed by atoms with Crippen LogP contribution in [-0.4, -0.2) is 36.5 Å². The van der Waals surface area contributed by atoms with Crippen LogP contribution in [0.1, 0.15) is 119 Å². The molecule has 0 N–H and O–H groups in total. The summed E-state index contributed by atoms with van der Waals surface area (Å²) in [6, 6.07) is 2.20. The van der Waals surface area contributed by atoms with Crippen molar-refractivity contribution in [3.8, 4) is 0 Å². The second kappa shape index (κ2) is 16.7. The standard InChI is InChI=1S/C29H43F4NO3/c1-2-3-4-5-6-7-8-9-10-11-12-13-14-21-37-28(36)23-17-19-34(20-18-23)27(35)24-15-16-25(26(30)22-24)29(31,32)33/h15-16,22-23H,2-14,17-21H2,1H3. The van der Waals surface area contributed by atoms with E-state index in [-0.39, 0.29) is 30.5 Å². The molecule has 1 aliphatic heterocycles. The molecule has 0 radical (unpaired) electrons. The Morgan fingerprint density at radius 2 is 1.38 bits per heavy atom. The number of unbranched alkanes of at least 4 members (excludes halogenated alkanes) is 12. The van der Waals surface area contributed by atoms with Gasteiger partial charge in [0, 0.05) is 18.7 Å². The summed E-state index contributed by atoms with van der Waals surface area (Å²) in [6.07, 6.45) is 12.3. The third-order valence-electron chi connectivity index (χ3n) is 7.13. The molecule has 0 aromatic heterocycles. The number of benzene rings is 1. The Bertz CT molecular complexity index is 820. The molecular formula is C29H43F4NO3. The maximum Gasteiger partial charge on any atom is 0.419 e. The molecule has 0 bridgehead atoms. The van der Waals surface area contributed by atoms with Crippen LogP contribution in [0.5, 0.6) is 0 Å². The highest BCUT2D eigenvalue weighted by atomic mass is 19.4. The van der Waals surface area contributed by atoms with Crippen LogP contribution >= 0.6 is 0 Å². The fourth-order valence-corrected chi connectivity index (χ4v) is 4.79. The van der Waals surface area contributed by atoms with E-state index >= 15 is 0 Å². The number of carbonyl (C=O) groups is 2. The lowest BCUT2D eigenvalue weighted by Crippen LogP contribution is -2.40. The molecule has 2 rings (SSSR count). The molecule has 1 amide bonds. The highest BCUT2D eigenvalue weighted by molar-refractivity contribution is 5.94. The van der Waals surface area contributed by atoms with E-state index in [2.05, 4.69) is 6.92 Å². The summed E-state index contributed by atoms with van der Waals surface area (Å²) in [4.78, 5) is 26.4. The lowest BCUT2D eigenvalue weighted by molar-refractivity contribution is -0.150. The maximum atomic E-state index is 13.8. The number of nitrogens with zero attached hydrogens (tertiary/aromatic N) is 1. The minimum Gasteiger partial charge on any atom is -0.465 e. The van der Waals surface area contributed by atoms with Crippen LogP contribution in [0.2, 0.25) is 0 Å². The molecule has 0 aliphatic carbocycles. The van der Waals surface area contributed by atoms with E-state index < -0.39 is 23.5 Å². The fraction of sp³-hybridized carbons (Fsp3) is 0.724. The first-order chi connectivity index (χ1) is 17.7. The zero-order chi connectivity index (χ0) is 27.1. The minimum absolute atomic E-state index is 0.131. The van der Waals surface area contributed by atoms with Crippen LogP contribution in [0.25, 0.3) is 0 Å². The van der Waals surface area contributed by atoms with E-state index in [1.54, 1.807) is 0 Å². The van der Waals surface area contributed by atoms with Crippen molar-refractivity contribution < 1.29 is 31.9 Å². The van der Waals surface area contributed by atoms with Crippen LogP contribution in [0.15, 0.2) is 18.2 Å². The molecule has 4 nitrogen and oxygen atoms in total. The molecule has 1 saturated heterocycles. The fourth-order valence-electron chi connectivity index (χ4n) is 4.79. The summed E-state index contributed by atoms with van der Waals surface area (Å²) in [5, 5.41) is 0. The topological polar surface area (TPSA) is 46.6 Å². The summed E-state index contributed by atoms with van der Waals surface area (Å²) in [6.45, 7) is 3.20. The second-order valence-electron chi connectivity index (χ2n) is 10.2. The molecule has 37 heavy (non-hydrogen) atoms. The lowest BCUT2D eigenvalue weighted by Gasteiger charge is -2.31. The van der Waals surface area contributed by atoms with Crippen molar-refractivity contribution in [2.45, 2.75) is 109 Å². The van der Waals surface area contributed by atoms with Crippen molar-refractivity contribution in [1.82, 2.24) is 4.90 Å². The molecule has 8 heteroatoms. The molecule has 0 spiro atoms. The van der Waals surface area contributed by atoms with Crippen LogP contribution in [0.3, 0.4) is 0 Å². The van der Waals surface area contributed by atoms with Crippen molar-refractivity contribution >= 4 is 11.9 Å². The van der Waals surface area contributed by atoms with Crippen molar-refractivity contribution in [3.05, 3.63) is 35.1 Å². The zero-order valence-electron chi connectivity index (χ0n) is 22.2. The van der Waals surface area contributed by atoms with E-state index in [1.165, 1.54) is 69.1 Å². The largest absolute Gasteiger partial charge is 0.465 e. The molecule has 210 valence electrons. The number of alkyl halides is 3. The molecule has 1 aromatic carbocycles. The number of amides is 1. The van der Waals surface area contributed by atoms with Gasteiger partial charge in [-0.05, 0) is 37.5 Å². The van der Waals surface area contributed by atoms with Crippen LogP contribution < -0.4 is 0 Å². The van der Waals surface area contributed by atoms with E-state index in [0.717, 1.165) is 25.3 Å². The first-order valence-corrected chi connectivity index (χ1v) is 14.1. The molecular weight excluding hydrogens is 486 g/mol. The molecule has 0 atom stereocenters. The van der Waals surface area contributed by atoms with Gasteiger partial charge >= 0.3 is 12.1 Å². The van der Waals surface area contributed by atoms with Gasteiger partial charge in [-0.3, -0.25) is 9.59 Å². The molecule has 1 heterocycles. The summed E-state index contributed by atoms with van der Waals surface area (Å²) in [5.74, 6) is -2.56. The number of piperidine rings is 1. The quantitative estimate of drug-likeness (QED) is 0.123. The molecule has 1 aliphatic rings. The maximum absolute atomic E-state index is 13.8. The summed E-state index contributed by atoms with van der Waals surface area (Å²) in [7, 11) is 0. The number of hydrogen-bond acceptors (Lipinski definition) is 3. The Balaban J connectivity index is 1.53. The normalized spacial score (nSPS) is 14.7. The predicted molar refractivity (Wildman–Crippen MR) is 137 cm³/mol. The summed E-state index contributed by atoms with van der Waals surface area (Å²) < 4.78 is 57.4. The van der Waals surface area contributed by atoms with E-state index in [9.17, 15) is 27.2 Å². The number of rotatable bonds is 16. The Labute approximate surface area is 219 Å². The van der Waals surface area contributed by atoms with Gasteiger partial charge in [-0.1, -0.05) is 84.0 Å². The molecule has 0 unspecified atom stereocenters. The second-order valence-corrected chi connectivity index (χ2v) is 10.2. The number of hydrogen-bond donors (Lipinski definition) is 0. The van der Waals surface area contributed by atoms with Crippen LogP contribution in [0.4, 0.5) is 17.6 Å². The first kappa shape index (κ1) is 31.1. The predicted octanol–water partition coefficient (Wildman–Crippen LogP) is 8.33. The monoisotopic (exact) mass is 529 g/mol. The van der Waals surface area contributed by atoms with Crippen molar-refractivity contribution in [2.75, 3.05) is 19.7 Å². The number of esters is 1. The van der Waals surface area contributed by atoms with Crippen molar-refractivity contribution in [1.29, 1.82) is 0 Å². The van der Waals surface area contributed by atoms with Crippen LogP contribution in [0, 0.1) is 11.7 Å². The highest BCUT2D eigenvalue weighted by Crippen LogP contribution is 2.32. The Hall–Kier alpha value is -2.12. The Kier molecular flexibility index (Phi) is 14.0. The first-order valence-electron chi connectivity index (χ1n) is 14.1. The zero-order valence-corrected chi connectivity index (χ0v) is 22.2. The third kappa shape index (κ3) is 11.4. The number of carbonyl (C=O) groups excluding carboxylic acids is 2. The minimum atomic E-state index is -4.81. The summed E-state index contributed by atoms with van der Waals surface area (Å²) >= 11 is 0. The smallest absolute Gasteiger partial charge is 0.419 e. The van der Waals surface area contributed by atoms with Gasteiger partial charge in [0.2, 0.25) is 0 Å². The van der Waals surface area contributed by atoms with Gasteiger partial charge in [0.05, 0.1) is 18.1 Å². The average Bonchev–Trinajstić information content (AvgIpc) is 2.87. The van der Waals surface area contributed by atoms with E-state index in [1.807, 2.05) is 0 Å². The van der Waals surface area contributed by atoms with Gasteiger partial charge in [0.15, 0.2) is 0 Å². The van der Waals surface area contributed by atoms with Gasteiger partial charge in [-0.15, -0.1) is 0 Å². The number of likely N-dealkylation sites (tertiary alicyclic amines) is 1. The van der Waals surface area contributed by atoms with Crippen molar-refractivity contribution in [2.24, 2.45) is 5.92 Å². The van der Waals surface area contributed by atoms with Gasteiger partial charge in [-0.25, -0.2) is 4.39 Å². The van der Waals surface area contributed by atoms with Gasteiger partial charge in [0.25, 0.3) is 5.91 Å². The van der Waals surface area contributed by atoms with Crippen molar-refractivity contribution in [3.63, 3.8) is 0 Å². The van der Waals surface area contributed by atoms with E-state index in [4.69, 9.17) is 4.74 Å². The van der Waals surface area contributed by atoms with E-state index in [0.29, 0.717) is 31.6 Å². The highest BCUT2D eigenvalue weighted by Gasteiger charge is 2.35. The van der Waals surface area contributed by atoms with Gasteiger partial charge < -0.3 is 9.64 Å². The number of ether oxygens (including phenoxy) is 1. The Morgan fingerprint density at radius 1 is 0.865 bits per heavy atom. The average molecular weight is 530 g/mol. The third-order valence-corrected chi connectivity index (χ3v) is 7.13. The number of halogens is 4. The molecule has 0 saturated carbocycles. The Morgan fingerprint density at radius 3 is 1.86 bits per heavy atom. The lowest BCUT2D eigenvalue weighted by atomic mass is 9.96. The summed E-state index contributed by atoms with van der Waals surface area (Å²) in [5.41, 5.74) is -1.53. The molecule has 1 aromatic rings. The van der Waals surface area contributed by atoms with Gasteiger partial charge in [-0.2, -0.15) is 13.2 Å². The molecule has 1 fully saturated rings. The van der Waals surface area contributed by atoms with Gasteiger partial charge in [0.1, 0.15) is 5.82 Å². The SMILES string of the molecule is CCCCCCCCCCCCCCCOC(=O)C1CCN(C(=O)c2ccc(C(F)(F)F)c(F)c2)CC1. The van der Waals surface area contributed by atoms with Crippen LogP contribution in [-0.2, 0) is 15.7 Å².